The number of aryl methyl sites for hydroxylation is 1. The van der Waals surface area contributed by atoms with Crippen molar-refractivity contribution in [1.29, 1.82) is 5.26 Å². The Bertz CT molecular complexity index is 1220. The highest BCUT2D eigenvalue weighted by molar-refractivity contribution is 7.15. The van der Waals surface area contributed by atoms with E-state index < -0.39 is 30.8 Å². The summed E-state index contributed by atoms with van der Waals surface area (Å²) in [6.45, 7) is 0.104. The third kappa shape index (κ3) is 5.39. The number of hydrogen-bond acceptors (Lipinski definition) is 5. The zero-order valence-electron chi connectivity index (χ0n) is 17.7. The standard InChI is InChI=1S/C23H17F6N3OS/c1-12-20(34-21(32-12)16-6-7-18(31-10-16)23(27,28)29)19(33-11-22(24,25)26)14-4-5-15(9-30)17(8-14)13-2-3-13/h4-8,10,13,19H,2-3,11H2,1H3. The molecule has 0 radical (unpaired) electrons. The van der Waals surface area contributed by atoms with Gasteiger partial charge in [-0.3, -0.25) is 4.98 Å². The first-order chi connectivity index (χ1) is 16.0. The lowest BCUT2D eigenvalue weighted by atomic mass is 9.97. The van der Waals surface area contributed by atoms with Crippen LogP contribution in [0.3, 0.4) is 0 Å². The van der Waals surface area contributed by atoms with Crippen LogP contribution in [0, 0.1) is 18.3 Å². The second-order valence-corrected chi connectivity index (χ2v) is 8.97. The summed E-state index contributed by atoms with van der Waals surface area (Å²) in [5, 5.41) is 9.69. The lowest BCUT2D eigenvalue weighted by molar-refractivity contribution is -0.181. The van der Waals surface area contributed by atoms with Crippen LogP contribution >= 0.6 is 11.3 Å². The maximum atomic E-state index is 13.0. The Kier molecular flexibility index (Phi) is 6.40. The zero-order chi connectivity index (χ0) is 24.7. The van der Waals surface area contributed by atoms with Crippen LogP contribution in [0.4, 0.5) is 26.3 Å². The molecule has 1 aliphatic carbocycles. The lowest BCUT2D eigenvalue weighted by Crippen LogP contribution is -2.20. The zero-order valence-corrected chi connectivity index (χ0v) is 18.5. The van der Waals surface area contributed by atoms with Gasteiger partial charge in [0.25, 0.3) is 0 Å². The molecule has 1 atom stereocenters. The molecule has 0 N–H and O–H groups in total. The highest BCUT2D eigenvalue weighted by Crippen LogP contribution is 2.44. The normalized spacial score (nSPS) is 15.2. The predicted octanol–water partition coefficient (Wildman–Crippen LogP) is 6.95. The van der Waals surface area contributed by atoms with Gasteiger partial charge in [-0.25, -0.2) is 4.98 Å². The third-order valence-corrected chi connectivity index (χ3v) is 6.55. The van der Waals surface area contributed by atoms with Crippen molar-refractivity contribution in [1.82, 2.24) is 9.97 Å². The number of pyridine rings is 1. The molecule has 1 aromatic carbocycles. The summed E-state index contributed by atoms with van der Waals surface area (Å²) >= 11 is 1.03. The van der Waals surface area contributed by atoms with E-state index in [9.17, 15) is 31.6 Å². The first-order valence-corrected chi connectivity index (χ1v) is 11.0. The molecule has 1 unspecified atom stereocenters. The highest BCUT2D eigenvalue weighted by Gasteiger charge is 2.34. The van der Waals surface area contributed by atoms with Crippen molar-refractivity contribution in [3.63, 3.8) is 0 Å². The van der Waals surface area contributed by atoms with Gasteiger partial charge >= 0.3 is 12.4 Å². The number of halogens is 6. The SMILES string of the molecule is Cc1nc(-c2ccc(C(F)(F)F)nc2)sc1C(OCC(F)(F)F)c1ccc(C#N)c(C2CC2)c1. The summed E-state index contributed by atoms with van der Waals surface area (Å²) in [5.41, 5.74) is 1.34. The van der Waals surface area contributed by atoms with E-state index >= 15 is 0 Å². The van der Waals surface area contributed by atoms with Crippen LogP contribution in [0.15, 0.2) is 36.5 Å². The van der Waals surface area contributed by atoms with Crippen molar-refractivity contribution in [3.8, 4) is 16.6 Å². The first kappa shape index (κ1) is 24.2. The van der Waals surface area contributed by atoms with E-state index in [-0.39, 0.29) is 5.92 Å². The van der Waals surface area contributed by atoms with Gasteiger partial charge in [0, 0.05) is 11.8 Å². The quantitative estimate of drug-likeness (QED) is 0.346. The molecule has 1 fully saturated rings. The molecule has 4 rings (SSSR count). The highest BCUT2D eigenvalue weighted by atomic mass is 32.1. The van der Waals surface area contributed by atoms with Crippen LogP contribution < -0.4 is 0 Å². The van der Waals surface area contributed by atoms with E-state index in [0.717, 1.165) is 42.0 Å². The van der Waals surface area contributed by atoms with Gasteiger partial charge in [-0.1, -0.05) is 12.1 Å². The number of hydrogen-bond donors (Lipinski definition) is 0. The fourth-order valence-corrected chi connectivity index (χ4v) is 4.68. The van der Waals surface area contributed by atoms with E-state index in [1.807, 2.05) is 0 Å². The van der Waals surface area contributed by atoms with Crippen LogP contribution in [-0.2, 0) is 10.9 Å². The van der Waals surface area contributed by atoms with Crippen molar-refractivity contribution in [3.05, 3.63) is 69.5 Å². The molecule has 1 aliphatic rings. The van der Waals surface area contributed by atoms with Crippen LogP contribution in [0.1, 0.15) is 57.8 Å². The number of aromatic nitrogens is 2. The smallest absolute Gasteiger partial charge is 0.358 e. The maximum absolute atomic E-state index is 13.0. The third-order valence-electron chi connectivity index (χ3n) is 5.30. The van der Waals surface area contributed by atoms with Crippen LogP contribution in [-0.4, -0.2) is 22.8 Å². The average Bonchev–Trinajstić information content (AvgIpc) is 3.55. The molecule has 0 spiro atoms. The predicted molar refractivity (Wildman–Crippen MR) is 112 cm³/mol. The number of rotatable bonds is 6. The fraction of sp³-hybridized carbons (Fsp3) is 0.348. The molecule has 0 bridgehead atoms. The molecule has 4 nitrogen and oxygen atoms in total. The molecule has 1 saturated carbocycles. The van der Waals surface area contributed by atoms with Gasteiger partial charge in [0.05, 0.1) is 22.2 Å². The van der Waals surface area contributed by atoms with E-state index in [4.69, 9.17) is 4.74 Å². The number of nitrogens with zero attached hydrogens (tertiary/aromatic N) is 3. The summed E-state index contributed by atoms with van der Waals surface area (Å²) < 4.78 is 82.7. The van der Waals surface area contributed by atoms with Crippen molar-refractivity contribution >= 4 is 11.3 Å². The molecule has 0 amide bonds. The van der Waals surface area contributed by atoms with Crippen molar-refractivity contribution < 1.29 is 31.1 Å². The van der Waals surface area contributed by atoms with Gasteiger partial charge in [0.15, 0.2) is 0 Å². The minimum Gasteiger partial charge on any atom is -0.358 e. The molecular formula is C23H17F6N3OS. The second-order valence-electron chi connectivity index (χ2n) is 7.94. The summed E-state index contributed by atoms with van der Waals surface area (Å²) in [6, 6.07) is 8.99. The van der Waals surface area contributed by atoms with Crippen LogP contribution in [0.5, 0.6) is 0 Å². The summed E-state index contributed by atoms with van der Waals surface area (Å²) in [5.74, 6) is 0.189. The summed E-state index contributed by atoms with van der Waals surface area (Å²) in [6.07, 6.45) is -7.44. The number of alkyl halides is 6. The van der Waals surface area contributed by atoms with Gasteiger partial charge in [-0.2, -0.15) is 31.6 Å². The molecule has 178 valence electrons. The number of ether oxygens (including phenoxy) is 1. The molecule has 2 aromatic heterocycles. The Labute approximate surface area is 194 Å². The van der Waals surface area contributed by atoms with E-state index in [0.29, 0.717) is 32.3 Å². The molecule has 34 heavy (non-hydrogen) atoms. The Morgan fingerprint density at radius 1 is 1.15 bits per heavy atom. The molecule has 11 heteroatoms. The van der Waals surface area contributed by atoms with Gasteiger partial charge in [-0.15, -0.1) is 11.3 Å². The summed E-state index contributed by atoms with van der Waals surface area (Å²) in [7, 11) is 0. The number of thiazole rings is 1. The lowest BCUT2D eigenvalue weighted by Gasteiger charge is -2.20. The topological polar surface area (TPSA) is 58.8 Å². The second kappa shape index (κ2) is 9.00. The van der Waals surface area contributed by atoms with Crippen molar-refractivity contribution in [2.45, 2.75) is 44.1 Å². The number of benzene rings is 1. The summed E-state index contributed by atoms with van der Waals surface area (Å²) in [4.78, 5) is 8.17. The van der Waals surface area contributed by atoms with Gasteiger partial charge in [0.2, 0.25) is 0 Å². The minimum atomic E-state index is -4.59. The average molecular weight is 497 g/mol. The Balaban J connectivity index is 1.72. The first-order valence-electron chi connectivity index (χ1n) is 10.2. The Morgan fingerprint density at radius 3 is 2.44 bits per heavy atom. The van der Waals surface area contributed by atoms with Gasteiger partial charge in [-0.05, 0) is 55.0 Å². The van der Waals surface area contributed by atoms with Crippen LogP contribution in [0.2, 0.25) is 0 Å². The molecule has 3 aromatic rings. The van der Waals surface area contributed by atoms with E-state index in [1.165, 1.54) is 6.07 Å². The molecule has 0 saturated heterocycles. The van der Waals surface area contributed by atoms with Crippen LogP contribution in [0.25, 0.3) is 10.6 Å². The monoisotopic (exact) mass is 497 g/mol. The minimum absolute atomic E-state index is 0.189. The Morgan fingerprint density at radius 2 is 1.88 bits per heavy atom. The van der Waals surface area contributed by atoms with Crippen molar-refractivity contribution in [2.24, 2.45) is 0 Å². The largest absolute Gasteiger partial charge is 0.433 e. The van der Waals surface area contributed by atoms with Gasteiger partial charge in [0.1, 0.15) is 23.4 Å². The maximum Gasteiger partial charge on any atom is 0.433 e. The molecular weight excluding hydrogens is 480 g/mol. The van der Waals surface area contributed by atoms with Gasteiger partial charge < -0.3 is 4.74 Å². The molecule has 0 aliphatic heterocycles. The van der Waals surface area contributed by atoms with Crippen molar-refractivity contribution in [2.75, 3.05) is 6.61 Å². The fourth-order valence-electron chi connectivity index (χ4n) is 3.54. The van der Waals surface area contributed by atoms with E-state index in [1.54, 1.807) is 25.1 Å². The number of nitriles is 1. The Hall–Kier alpha value is -2.97. The molecule has 2 heterocycles. The van der Waals surface area contributed by atoms with E-state index in [2.05, 4.69) is 16.0 Å².